The maximum atomic E-state index is 13.0. The number of carbonyl (C=O) groups is 2. The van der Waals surface area contributed by atoms with Gasteiger partial charge in [0.05, 0.1) is 22.2 Å². The molecule has 8 heteroatoms. The number of amides is 2. The third-order valence-electron chi connectivity index (χ3n) is 5.39. The molecule has 0 spiro atoms. The van der Waals surface area contributed by atoms with Crippen molar-refractivity contribution >= 4 is 28.8 Å². The van der Waals surface area contributed by atoms with Crippen molar-refractivity contribution in [3.63, 3.8) is 0 Å². The van der Waals surface area contributed by atoms with E-state index in [2.05, 4.69) is 15.4 Å². The van der Waals surface area contributed by atoms with Gasteiger partial charge in [-0.25, -0.2) is 9.67 Å². The van der Waals surface area contributed by atoms with Crippen LogP contribution in [0.2, 0.25) is 0 Å². The Labute approximate surface area is 173 Å². The number of anilines is 1. The summed E-state index contributed by atoms with van der Waals surface area (Å²) in [6.45, 7) is 0. The average Bonchev–Trinajstić information content (AvgIpc) is 3.47. The average molecular weight is 410 g/mol. The fraction of sp³-hybridized carbons (Fsp3) is 0.333. The number of hydrogen-bond donors (Lipinski definition) is 1. The molecule has 2 heterocycles. The second kappa shape index (κ2) is 8.57. The van der Waals surface area contributed by atoms with Gasteiger partial charge in [-0.3, -0.25) is 9.59 Å². The van der Waals surface area contributed by atoms with E-state index < -0.39 is 0 Å². The van der Waals surface area contributed by atoms with Crippen molar-refractivity contribution in [2.24, 2.45) is 0 Å². The quantitative estimate of drug-likeness (QED) is 0.699. The van der Waals surface area contributed by atoms with Crippen LogP contribution < -0.4 is 10.2 Å². The van der Waals surface area contributed by atoms with Crippen LogP contribution in [0.5, 0.6) is 0 Å². The number of carbonyl (C=O) groups excluding carboxylic acids is 2. The van der Waals surface area contributed by atoms with E-state index in [0.717, 1.165) is 25.7 Å². The van der Waals surface area contributed by atoms with Crippen LogP contribution in [-0.2, 0) is 0 Å². The molecule has 0 atom stereocenters. The maximum absolute atomic E-state index is 13.0. The molecule has 3 aromatic rings. The van der Waals surface area contributed by atoms with E-state index in [9.17, 15) is 9.59 Å². The van der Waals surface area contributed by atoms with Crippen LogP contribution in [-0.4, -0.2) is 39.7 Å². The molecule has 2 aromatic heterocycles. The summed E-state index contributed by atoms with van der Waals surface area (Å²) < 4.78 is 1.90. The molecule has 150 valence electrons. The largest absolute Gasteiger partial charge is 0.349 e. The predicted octanol–water partition coefficient (Wildman–Crippen LogP) is 3.53. The SMILES string of the molecule is CN(C(=O)c1cccs1)c1ccccc1C(=O)NC1CCC(n2cncn2)CC1. The fourth-order valence-electron chi connectivity index (χ4n) is 3.79. The van der Waals surface area contributed by atoms with Crippen molar-refractivity contribution in [3.8, 4) is 0 Å². The Bertz CT molecular complexity index is 963. The first kappa shape index (κ1) is 19.3. The molecule has 0 unspecified atom stereocenters. The molecule has 1 saturated carbocycles. The van der Waals surface area contributed by atoms with Gasteiger partial charge in [0.2, 0.25) is 0 Å². The van der Waals surface area contributed by atoms with E-state index in [4.69, 9.17) is 0 Å². The van der Waals surface area contributed by atoms with Gasteiger partial charge in [0.15, 0.2) is 0 Å². The van der Waals surface area contributed by atoms with E-state index in [1.807, 2.05) is 34.3 Å². The van der Waals surface area contributed by atoms with Crippen molar-refractivity contribution < 1.29 is 9.59 Å². The van der Waals surface area contributed by atoms with Gasteiger partial charge in [0, 0.05) is 13.1 Å². The molecule has 4 rings (SSSR count). The molecule has 0 aliphatic heterocycles. The van der Waals surface area contributed by atoms with Crippen LogP contribution in [0.1, 0.15) is 51.8 Å². The van der Waals surface area contributed by atoms with Crippen LogP contribution in [0, 0.1) is 0 Å². The van der Waals surface area contributed by atoms with Crippen LogP contribution in [0.25, 0.3) is 0 Å². The highest BCUT2D eigenvalue weighted by Gasteiger charge is 2.26. The van der Waals surface area contributed by atoms with E-state index >= 15 is 0 Å². The van der Waals surface area contributed by atoms with Gasteiger partial charge < -0.3 is 10.2 Å². The highest BCUT2D eigenvalue weighted by Crippen LogP contribution is 2.28. The number of hydrogen-bond acceptors (Lipinski definition) is 5. The lowest BCUT2D eigenvalue weighted by Crippen LogP contribution is -2.39. The molecule has 0 saturated heterocycles. The normalized spacial score (nSPS) is 18.9. The van der Waals surface area contributed by atoms with Gasteiger partial charge in [-0.15, -0.1) is 11.3 Å². The minimum atomic E-state index is -0.143. The zero-order chi connectivity index (χ0) is 20.2. The molecule has 0 bridgehead atoms. The molecule has 1 aromatic carbocycles. The minimum Gasteiger partial charge on any atom is -0.349 e. The summed E-state index contributed by atoms with van der Waals surface area (Å²) in [5.41, 5.74) is 1.12. The van der Waals surface area contributed by atoms with Crippen molar-refractivity contribution in [1.29, 1.82) is 0 Å². The number of nitrogens with zero attached hydrogens (tertiary/aromatic N) is 4. The second-order valence-electron chi connectivity index (χ2n) is 7.21. The summed E-state index contributed by atoms with van der Waals surface area (Å²) in [5.74, 6) is -0.260. The Morgan fingerprint density at radius 2 is 1.93 bits per heavy atom. The van der Waals surface area contributed by atoms with Crippen molar-refractivity contribution in [3.05, 3.63) is 64.9 Å². The Morgan fingerprint density at radius 3 is 2.62 bits per heavy atom. The summed E-state index contributed by atoms with van der Waals surface area (Å²) in [7, 11) is 1.71. The van der Waals surface area contributed by atoms with Gasteiger partial charge in [0.25, 0.3) is 11.8 Å². The van der Waals surface area contributed by atoms with Gasteiger partial charge in [-0.05, 0) is 49.3 Å². The molecule has 0 radical (unpaired) electrons. The van der Waals surface area contributed by atoms with Gasteiger partial charge >= 0.3 is 0 Å². The van der Waals surface area contributed by atoms with Crippen molar-refractivity contribution in [2.75, 3.05) is 11.9 Å². The number of rotatable bonds is 5. The molecular formula is C21H23N5O2S. The van der Waals surface area contributed by atoms with Crippen LogP contribution in [0.3, 0.4) is 0 Å². The number of benzene rings is 1. The monoisotopic (exact) mass is 409 g/mol. The molecule has 1 N–H and O–H groups in total. The fourth-order valence-corrected chi connectivity index (χ4v) is 4.49. The highest BCUT2D eigenvalue weighted by atomic mass is 32.1. The third-order valence-corrected chi connectivity index (χ3v) is 6.25. The first-order valence-corrected chi connectivity index (χ1v) is 10.6. The molecule has 1 aliphatic rings. The molecule has 1 aliphatic carbocycles. The Hall–Kier alpha value is -3.00. The number of nitrogens with one attached hydrogen (secondary N) is 1. The third kappa shape index (κ3) is 4.22. The van der Waals surface area contributed by atoms with E-state index in [-0.39, 0.29) is 17.9 Å². The van der Waals surface area contributed by atoms with E-state index in [0.29, 0.717) is 22.2 Å². The Kier molecular flexibility index (Phi) is 5.71. The molecule has 29 heavy (non-hydrogen) atoms. The van der Waals surface area contributed by atoms with Gasteiger partial charge in [-0.2, -0.15) is 5.10 Å². The van der Waals surface area contributed by atoms with Crippen molar-refractivity contribution in [1.82, 2.24) is 20.1 Å². The number of aromatic nitrogens is 3. The zero-order valence-electron chi connectivity index (χ0n) is 16.2. The first-order valence-electron chi connectivity index (χ1n) is 9.69. The lowest BCUT2D eigenvalue weighted by atomic mass is 9.91. The van der Waals surface area contributed by atoms with Gasteiger partial charge in [-0.1, -0.05) is 18.2 Å². The highest BCUT2D eigenvalue weighted by molar-refractivity contribution is 7.12. The van der Waals surface area contributed by atoms with Crippen LogP contribution in [0.4, 0.5) is 5.69 Å². The topological polar surface area (TPSA) is 80.1 Å². The zero-order valence-corrected chi connectivity index (χ0v) is 17.0. The molecule has 7 nitrogen and oxygen atoms in total. The molecule has 1 fully saturated rings. The van der Waals surface area contributed by atoms with Gasteiger partial charge in [0.1, 0.15) is 12.7 Å². The Balaban J connectivity index is 1.42. The summed E-state index contributed by atoms with van der Waals surface area (Å²) in [6.07, 6.45) is 6.99. The lowest BCUT2D eigenvalue weighted by Gasteiger charge is -2.29. The predicted molar refractivity (Wildman–Crippen MR) is 112 cm³/mol. The first-order chi connectivity index (χ1) is 14.1. The minimum absolute atomic E-state index is 0.117. The summed E-state index contributed by atoms with van der Waals surface area (Å²) >= 11 is 1.39. The Morgan fingerprint density at radius 1 is 1.14 bits per heavy atom. The lowest BCUT2D eigenvalue weighted by molar-refractivity contribution is 0.0922. The van der Waals surface area contributed by atoms with Crippen molar-refractivity contribution in [2.45, 2.75) is 37.8 Å². The number of para-hydroxylation sites is 1. The van der Waals surface area contributed by atoms with E-state index in [1.165, 1.54) is 11.3 Å². The standard InChI is InChI=1S/C21H23N5O2S/c1-25(21(28)19-7-4-12-29-19)18-6-3-2-5-17(18)20(27)24-15-8-10-16(11-9-15)26-14-22-13-23-26/h2-7,12-16H,8-11H2,1H3,(H,24,27). The van der Waals surface area contributed by atoms with Crippen LogP contribution in [0.15, 0.2) is 54.4 Å². The second-order valence-corrected chi connectivity index (χ2v) is 8.16. The maximum Gasteiger partial charge on any atom is 0.268 e. The smallest absolute Gasteiger partial charge is 0.268 e. The molecular weight excluding hydrogens is 386 g/mol. The molecule has 2 amide bonds. The summed E-state index contributed by atoms with van der Waals surface area (Å²) in [6, 6.07) is 11.3. The number of thiophene rings is 1. The van der Waals surface area contributed by atoms with Crippen LogP contribution >= 0.6 is 11.3 Å². The van der Waals surface area contributed by atoms with E-state index in [1.54, 1.807) is 36.7 Å². The summed E-state index contributed by atoms with van der Waals surface area (Å²) in [5, 5.41) is 9.24. The summed E-state index contributed by atoms with van der Waals surface area (Å²) in [4.78, 5) is 31.9.